The number of halogens is 1. The Labute approximate surface area is 190 Å². The van der Waals surface area contributed by atoms with Crippen LogP contribution in [0.3, 0.4) is 0 Å². The summed E-state index contributed by atoms with van der Waals surface area (Å²) in [6, 6.07) is 18.3. The van der Waals surface area contributed by atoms with Crippen molar-refractivity contribution in [3.05, 3.63) is 99.4 Å². The molecule has 6 heteroatoms. The molecule has 0 aliphatic carbocycles. The summed E-state index contributed by atoms with van der Waals surface area (Å²) in [5.41, 5.74) is 2.48. The van der Waals surface area contributed by atoms with Gasteiger partial charge >= 0.3 is 5.63 Å². The number of phenols is 1. The predicted octanol–water partition coefficient (Wildman–Crippen LogP) is 5.81. The van der Waals surface area contributed by atoms with Crippen LogP contribution in [0.5, 0.6) is 11.5 Å². The molecule has 168 valence electrons. The number of hydrogen-bond donors (Lipinski definition) is 1. The topological polar surface area (TPSA) is 73.8 Å². The molecule has 3 aromatic carbocycles. The molecule has 1 aromatic heterocycles. The quantitative estimate of drug-likeness (QED) is 0.394. The zero-order chi connectivity index (χ0) is 22.8. The van der Waals surface area contributed by atoms with E-state index in [0.717, 1.165) is 48.2 Å². The Kier molecular flexibility index (Phi) is 5.84. The average molecular weight is 444 g/mol. The normalized spacial score (nSPS) is 16.1. The van der Waals surface area contributed by atoms with E-state index in [1.54, 1.807) is 24.3 Å². The predicted molar refractivity (Wildman–Crippen MR) is 126 cm³/mol. The third-order valence-corrected chi connectivity index (χ3v) is 5.91. The van der Waals surface area contributed by atoms with Crippen molar-refractivity contribution in [2.75, 3.05) is 13.1 Å². The van der Waals surface area contributed by atoms with Crippen molar-refractivity contribution < 1.29 is 18.7 Å². The number of phenolic OH excluding ortho intramolecular Hbond substituents is 1. The lowest BCUT2D eigenvalue weighted by atomic mass is 9.93. The molecule has 33 heavy (non-hydrogen) atoms. The van der Waals surface area contributed by atoms with Gasteiger partial charge < -0.3 is 19.6 Å². The highest BCUT2D eigenvalue weighted by Crippen LogP contribution is 2.32. The van der Waals surface area contributed by atoms with Crippen molar-refractivity contribution in [2.45, 2.75) is 25.4 Å². The van der Waals surface area contributed by atoms with Crippen molar-refractivity contribution in [1.82, 2.24) is 0 Å². The van der Waals surface area contributed by atoms with Crippen molar-refractivity contribution in [1.29, 1.82) is 0 Å². The number of hydrogen-bond acceptors (Lipinski definition) is 4. The van der Waals surface area contributed by atoms with Crippen LogP contribution in [0.4, 0.5) is 4.39 Å². The van der Waals surface area contributed by atoms with Crippen LogP contribution in [-0.2, 0) is 6.42 Å². The van der Waals surface area contributed by atoms with E-state index in [4.69, 9.17) is 9.15 Å². The third-order valence-electron chi connectivity index (χ3n) is 5.91. The molecular formula is C27H23FNO4-. The van der Waals surface area contributed by atoms with Gasteiger partial charge in [0.05, 0.1) is 11.7 Å². The molecule has 0 bridgehead atoms. The molecule has 1 N–H and O–H groups in total. The fraction of sp³-hybridized carbons (Fsp3) is 0.222. The second-order valence-electron chi connectivity index (χ2n) is 8.26. The van der Waals surface area contributed by atoms with Crippen LogP contribution in [0.15, 0.2) is 75.9 Å². The molecule has 1 aliphatic heterocycles. The first-order valence-electron chi connectivity index (χ1n) is 11.0. The van der Waals surface area contributed by atoms with Gasteiger partial charge in [0.2, 0.25) is 0 Å². The summed E-state index contributed by atoms with van der Waals surface area (Å²) >= 11 is 0. The van der Waals surface area contributed by atoms with Gasteiger partial charge in [0, 0.05) is 11.5 Å². The summed E-state index contributed by atoms with van der Waals surface area (Å²) in [7, 11) is 0. The van der Waals surface area contributed by atoms with Gasteiger partial charge in [-0.05, 0) is 65.9 Å². The second kappa shape index (κ2) is 9.08. The number of piperidine rings is 1. The number of ether oxygens (including phenoxy) is 1. The summed E-state index contributed by atoms with van der Waals surface area (Å²) in [5, 5.41) is 15.0. The molecule has 2 heterocycles. The Bertz CT molecular complexity index is 1320. The zero-order valence-corrected chi connectivity index (χ0v) is 18.0. The Balaban J connectivity index is 1.52. The van der Waals surface area contributed by atoms with Gasteiger partial charge in [0.1, 0.15) is 22.9 Å². The molecule has 1 unspecified atom stereocenters. The van der Waals surface area contributed by atoms with E-state index in [1.165, 1.54) is 18.2 Å². The Morgan fingerprint density at radius 3 is 2.58 bits per heavy atom. The Hall–Kier alpha value is -3.64. The number of benzene rings is 3. The molecule has 5 nitrogen and oxygen atoms in total. The lowest BCUT2D eigenvalue weighted by Crippen LogP contribution is -2.25. The van der Waals surface area contributed by atoms with Crippen molar-refractivity contribution in [3.63, 3.8) is 0 Å². The number of fused-ring (bicyclic) bond motifs is 1. The van der Waals surface area contributed by atoms with E-state index < -0.39 is 5.63 Å². The number of aromatic hydroxyl groups is 1. The largest absolute Gasteiger partial charge is 0.659 e. The van der Waals surface area contributed by atoms with E-state index in [-0.39, 0.29) is 17.7 Å². The van der Waals surface area contributed by atoms with E-state index in [1.807, 2.05) is 24.3 Å². The fourth-order valence-corrected chi connectivity index (χ4v) is 4.28. The van der Waals surface area contributed by atoms with Crippen LogP contribution in [0, 0.1) is 5.82 Å². The van der Waals surface area contributed by atoms with Crippen molar-refractivity contribution in [3.8, 4) is 22.6 Å². The number of nitrogens with zero attached hydrogens (tertiary/aromatic N) is 1. The first-order chi connectivity index (χ1) is 16.1. The Morgan fingerprint density at radius 1 is 1.06 bits per heavy atom. The SMILES string of the molecule is O=c1oc2cc(O)ccc2c(Cc2ccc(OC3CCC[N-]C3)cc2)c1-c1ccc(F)cc1. The molecular weight excluding hydrogens is 421 g/mol. The van der Waals surface area contributed by atoms with Crippen LogP contribution in [0.1, 0.15) is 24.0 Å². The third kappa shape index (κ3) is 4.61. The van der Waals surface area contributed by atoms with Crippen LogP contribution >= 0.6 is 0 Å². The van der Waals surface area contributed by atoms with Crippen molar-refractivity contribution in [2.24, 2.45) is 0 Å². The summed E-state index contributed by atoms with van der Waals surface area (Å²) in [5.74, 6) is 0.431. The van der Waals surface area contributed by atoms with Crippen LogP contribution in [0.2, 0.25) is 0 Å². The molecule has 1 saturated heterocycles. The van der Waals surface area contributed by atoms with Crippen LogP contribution < -0.4 is 10.4 Å². The van der Waals surface area contributed by atoms with Gasteiger partial charge in [0.25, 0.3) is 0 Å². The van der Waals surface area contributed by atoms with Crippen LogP contribution in [-0.4, -0.2) is 24.3 Å². The van der Waals surface area contributed by atoms with Gasteiger partial charge in [-0.1, -0.05) is 30.7 Å². The second-order valence-corrected chi connectivity index (χ2v) is 8.26. The number of rotatable bonds is 5. The fourth-order valence-electron chi connectivity index (χ4n) is 4.28. The highest BCUT2D eigenvalue weighted by atomic mass is 19.1. The smallest absolute Gasteiger partial charge is 0.344 e. The minimum atomic E-state index is -0.532. The average Bonchev–Trinajstić information content (AvgIpc) is 2.82. The van der Waals surface area contributed by atoms with Gasteiger partial charge in [-0.15, -0.1) is 13.1 Å². The molecule has 1 atom stereocenters. The first-order valence-corrected chi connectivity index (χ1v) is 11.0. The van der Waals surface area contributed by atoms with Gasteiger partial charge in [0.15, 0.2) is 0 Å². The summed E-state index contributed by atoms with van der Waals surface area (Å²) in [6.45, 7) is 1.63. The standard InChI is InChI=1S/C27H23FNO4/c28-19-7-5-18(6-8-19)26-24(23-12-9-20(30)15-25(23)33-27(26)31)14-17-3-10-21(11-4-17)32-22-2-1-13-29-16-22/h3-12,15,22,30H,1-2,13-14,16H2/q-1. The minimum Gasteiger partial charge on any atom is -0.659 e. The zero-order valence-electron chi connectivity index (χ0n) is 18.0. The van der Waals surface area contributed by atoms with Crippen molar-refractivity contribution >= 4 is 11.0 Å². The molecule has 0 spiro atoms. The summed E-state index contributed by atoms with van der Waals surface area (Å²) in [4.78, 5) is 12.9. The minimum absolute atomic E-state index is 0.0158. The maximum Gasteiger partial charge on any atom is 0.344 e. The molecule has 1 aliphatic rings. The highest BCUT2D eigenvalue weighted by Gasteiger charge is 2.18. The molecule has 0 amide bonds. The molecule has 4 aromatic rings. The maximum absolute atomic E-state index is 13.5. The van der Waals surface area contributed by atoms with E-state index >= 15 is 0 Å². The monoisotopic (exact) mass is 444 g/mol. The molecule has 0 radical (unpaired) electrons. The molecule has 5 rings (SSSR count). The summed E-state index contributed by atoms with van der Waals surface area (Å²) < 4.78 is 25.1. The van der Waals surface area contributed by atoms with E-state index in [2.05, 4.69) is 5.32 Å². The van der Waals surface area contributed by atoms with E-state index in [9.17, 15) is 14.3 Å². The maximum atomic E-state index is 13.5. The lowest BCUT2D eigenvalue weighted by Gasteiger charge is -2.33. The Morgan fingerprint density at radius 2 is 1.85 bits per heavy atom. The highest BCUT2D eigenvalue weighted by molar-refractivity contribution is 5.88. The van der Waals surface area contributed by atoms with Crippen LogP contribution in [0.25, 0.3) is 27.4 Å². The lowest BCUT2D eigenvalue weighted by molar-refractivity contribution is 0.194. The van der Waals surface area contributed by atoms with Gasteiger partial charge in [-0.25, -0.2) is 9.18 Å². The van der Waals surface area contributed by atoms with Gasteiger partial charge in [-0.3, -0.25) is 0 Å². The molecule has 0 saturated carbocycles. The first kappa shape index (κ1) is 21.2. The molecule has 1 fully saturated rings. The van der Waals surface area contributed by atoms with E-state index in [0.29, 0.717) is 23.1 Å². The van der Waals surface area contributed by atoms with Gasteiger partial charge in [-0.2, -0.15) is 0 Å². The summed E-state index contributed by atoms with van der Waals surface area (Å²) in [6.07, 6.45) is 2.63.